The van der Waals surface area contributed by atoms with E-state index >= 15 is 0 Å². The van der Waals surface area contributed by atoms with Gasteiger partial charge < -0.3 is 30.3 Å². The molecule has 10 nitrogen and oxygen atoms in total. The van der Waals surface area contributed by atoms with Crippen molar-refractivity contribution in [2.75, 3.05) is 19.7 Å². The summed E-state index contributed by atoms with van der Waals surface area (Å²) >= 11 is 1.58. The highest BCUT2D eigenvalue weighted by Crippen LogP contribution is 2.33. The topological polar surface area (TPSA) is 144 Å². The third-order valence-electron chi connectivity index (χ3n) is 8.13. The number of aryl methyl sites for hydroxylation is 2. The van der Waals surface area contributed by atoms with Crippen LogP contribution in [-0.4, -0.2) is 63.8 Å². The van der Waals surface area contributed by atoms with Crippen LogP contribution in [0.2, 0.25) is 0 Å². The Morgan fingerprint density at radius 1 is 1.16 bits per heavy atom. The number of carbonyl (C=O) groups excluding carboxylic acids is 2. The van der Waals surface area contributed by atoms with Crippen LogP contribution in [0, 0.1) is 19.8 Å². The Hall–Kier alpha value is -3.28. The zero-order valence-corrected chi connectivity index (χ0v) is 27.2. The summed E-state index contributed by atoms with van der Waals surface area (Å²) in [6.07, 6.45) is 5.99. The average Bonchev–Trinajstić information content (AvgIpc) is 3.73. The minimum absolute atomic E-state index is 0.0809. The van der Waals surface area contributed by atoms with E-state index in [1.807, 2.05) is 44.5 Å². The van der Waals surface area contributed by atoms with Gasteiger partial charge in [0.1, 0.15) is 23.5 Å². The lowest BCUT2D eigenvalue weighted by atomic mass is 9.91. The van der Waals surface area contributed by atoms with Gasteiger partial charge >= 0.3 is 0 Å². The highest BCUT2D eigenvalue weighted by atomic mass is 32.1. The minimum atomic E-state index is -0.787. The van der Waals surface area contributed by atoms with Crippen LogP contribution >= 0.6 is 11.3 Å². The fourth-order valence-electron chi connectivity index (χ4n) is 5.74. The van der Waals surface area contributed by atoms with Crippen LogP contribution in [0.4, 0.5) is 0 Å². The van der Waals surface area contributed by atoms with Crippen LogP contribution in [-0.2, 0) is 16.1 Å². The van der Waals surface area contributed by atoms with Crippen LogP contribution < -0.4 is 15.8 Å². The van der Waals surface area contributed by atoms with Crippen molar-refractivity contribution in [1.82, 2.24) is 20.4 Å². The van der Waals surface area contributed by atoms with Gasteiger partial charge in [-0.1, -0.05) is 56.8 Å². The fraction of sp³-hybridized carbons (Fsp3) is 0.576. The number of β-amino-alcohol motifs (C(OH)–C–C–N with tert-alkyl or cyclic N) is 1. The first-order chi connectivity index (χ1) is 21.2. The molecule has 1 aromatic carbocycles. The molecule has 3 aromatic rings. The average molecular weight is 626 g/mol. The van der Waals surface area contributed by atoms with Gasteiger partial charge in [0.2, 0.25) is 11.8 Å². The quantitative estimate of drug-likeness (QED) is 0.186. The van der Waals surface area contributed by atoms with Crippen molar-refractivity contribution in [2.45, 2.75) is 97.2 Å². The summed E-state index contributed by atoms with van der Waals surface area (Å²) in [6, 6.07) is 6.99. The van der Waals surface area contributed by atoms with Gasteiger partial charge in [0.15, 0.2) is 0 Å². The summed E-state index contributed by atoms with van der Waals surface area (Å²) in [4.78, 5) is 34.2. The maximum atomic E-state index is 13.7. The number of rotatable bonds is 16. The molecule has 44 heavy (non-hydrogen) atoms. The lowest BCUT2D eigenvalue weighted by Crippen LogP contribution is -2.48. The molecule has 2 aromatic heterocycles. The molecule has 4 N–H and O–H groups in total. The second-order valence-electron chi connectivity index (χ2n) is 12.1. The molecule has 4 rings (SSSR count). The van der Waals surface area contributed by atoms with E-state index in [-0.39, 0.29) is 37.2 Å². The first kappa shape index (κ1) is 33.6. The van der Waals surface area contributed by atoms with Gasteiger partial charge in [0.05, 0.1) is 34.5 Å². The van der Waals surface area contributed by atoms with Crippen molar-refractivity contribution in [3.63, 3.8) is 0 Å². The summed E-state index contributed by atoms with van der Waals surface area (Å²) < 4.78 is 11.7. The second-order valence-corrected chi connectivity index (χ2v) is 12.9. The predicted octanol–water partition coefficient (Wildman–Crippen LogP) is 5.11. The number of nitrogens with zero attached hydrogens (tertiary/aromatic N) is 3. The van der Waals surface area contributed by atoms with Crippen LogP contribution in [0.15, 0.2) is 34.3 Å². The standard InChI is InChI=1S/C33H47N5O5S/c1-21(2)30(29-15-22(3)37-43-29)33(41)38-19-26(39)17-27(38)32(40)35-18-25-12-11-24(31-23(4)36-20-44-31)16-28(25)42-14-10-8-6-5-7-9-13-34/h11-12,15-16,20-21,26-27,30,39H,5-10,13-14,17-19,34H2,1-4H3,(H,35,40)/t26-,27+,30?/m1/s1. The Morgan fingerprint density at radius 3 is 2.57 bits per heavy atom. The number of aliphatic hydroxyl groups is 1. The number of nitrogens with two attached hydrogens (primary N) is 1. The number of aromatic nitrogens is 2. The first-order valence-corrected chi connectivity index (χ1v) is 16.6. The molecule has 2 amide bonds. The van der Waals surface area contributed by atoms with Gasteiger partial charge in [-0.3, -0.25) is 9.59 Å². The maximum Gasteiger partial charge on any atom is 0.243 e. The molecule has 1 aliphatic rings. The van der Waals surface area contributed by atoms with E-state index in [9.17, 15) is 14.7 Å². The highest BCUT2D eigenvalue weighted by Gasteiger charge is 2.43. The van der Waals surface area contributed by atoms with E-state index in [0.717, 1.165) is 66.1 Å². The van der Waals surface area contributed by atoms with Crippen molar-refractivity contribution in [1.29, 1.82) is 0 Å². The Balaban J connectivity index is 1.44. The molecule has 3 heterocycles. The van der Waals surface area contributed by atoms with Crippen molar-refractivity contribution < 1.29 is 24.0 Å². The number of hydrogen-bond acceptors (Lipinski definition) is 9. The molecule has 240 valence electrons. The summed E-state index contributed by atoms with van der Waals surface area (Å²) in [7, 11) is 0. The third-order valence-corrected chi connectivity index (χ3v) is 9.11. The van der Waals surface area contributed by atoms with E-state index < -0.39 is 18.1 Å². The number of nitrogens with one attached hydrogen (secondary N) is 1. The van der Waals surface area contributed by atoms with E-state index in [4.69, 9.17) is 15.0 Å². The van der Waals surface area contributed by atoms with E-state index in [2.05, 4.69) is 15.5 Å². The molecule has 0 aliphatic carbocycles. The summed E-state index contributed by atoms with van der Waals surface area (Å²) in [5, 5.41) is 17.5. The molecule has 1 saturated heterocycles. The van der Waals surface area contributed by atoms with E-state index in [0.29, 0.717) is 18.1 Å². The molecular weight excluding hydrogens is 578 g/mol. The van der Waals surface area contributed by atoms with Gasteiger partial charge in [0, 0.05) is 31.1 Å². The van der Waals surface area contributed by atoms with Crippen molar-refractivity contribution in [3.05, 3.63) is 52.5 Å². The number of amides is 2. The lowest BCUT2D eigenvalue weighted by Gasteiger charge is -2.28. The molecule has 0 saturated carbocycles. The Bertz CT molecular complexity index is 1370. The number of likely N-dealkylation sites (tertiary alicyclic amines) is 1. The van der Waals surface area contributed by atoms with Gasteiger partial charge in [-0.2, -0.15) is 0 Å². The highest BCUT2D eigenvalue weighted by molar-refractivity contribution is 7.13. The van der Waals surface area contributed by atoms with Crippen LogP contribution in [0.1, 0.15) is 87.4 Å². The number of benzene rings is 1. The Labute approximate surface area is 264 Å². The SMILES string of the molecule is Cc1cc(C(C(=O)N2C[C@H](O)C[C@H]2C(=O)NCc2ccc(-c3scnc3C)cc2OCCCCCCCCN)C(C)C)on1. The van der Waals surface area contributed by atoms with Crippen LogP contribution in [0.5, 0.6) is 5.75 Å². The summed E-state index contributed by atoms with van der Waals surface area (Å²) in [5.74, 6) is -0.0423. The molecule has 0 radical (unpaired) electrons. The molecule has 0 bridgehead atoms. The van der Waals surface area contributed by atoms with Crippen molar-refractivity contribution in [2.24, 2.45) is 11.7 Å². The molecule has 0 spiro atoms. The molecule has 1 unspecified atom stereocenters. The number of unbranched alkanes of at least 4 members (excludes halogenated alkanes) is 5. The number of hydrogen-bond donors (Lipinski definition) is 3. The van der Waals surface area contributed by atoms with Gasteiger partial charge in [-0.25, -0.2) is 4.98 Å². The third kappa shape index (κ3) is 8.67. The molecule has 11 heteroatoms. The van der Waals surface area contributed by atoms with Gasteiger partial charge in [-0.15, -0.1) is 11.3 Å². The molecule has 3 atom stereocenters. The van der Waals surface area contributed by atoms with Gasteiger partial charge in [-0.05, 0) is 50.8 Å². The Morgan fingerprint density at radius 2 is 1.91 bits per heavy atom. The smallest absolute Gasteiger partial charge is 0.243 e. The molecular formula is C33H47N5O5S. The van der Waals surface area contributed by atoms with Crippen LogP contribution in [0.25, 0.3) is 10.4 Å². The largest absolute Gasteiger partial charge is 0.493 e. The van der Waals surface area contributed by atoms with Crippen LogP contribution in [0.3, 0.4) is 0 Å². The molecule has 1 fully saturated rings. The normalized spacial score (nSPS) is 17.3. The number of thiazole rings is 1. The second kappa shape index (κ2) is 16.2. The van der Waals surface area contributed by atoms with Gasteiger partial charge in [0.25, 0.3) is 0 Å². The molecule has 1 aliphatic heterocycles. The summed E-state index contributed by atoms with van der Waals surface area (Å²) in [6.45, 7) is 9.31. The number of ether oxygens (including phenoxy) is 1. The lowest BCUT2D eigenvalue weighted by molar-refractivity contribution is -0.141. The maximum absolute atomic E-state index is 13.7. The number of carbonyl (C=O) groups is 2. The number of aliphatic hydroxyl groups excluding tert-OH is 1. The van der Waals surface area contributed by atoms with Crippen molar-refractivity contribution in [3.8, 4) is 16.2 Å². The zero-order valence-electron chi connectivity index (χ0n) is 26.4. The first-order valence-electron chi connectivity index (χ1n) is 15.7. The minimum Gasteiger partial charge on any atom is -0.493 e. The predicted molar refractivity (Wildman–Crippen MR) is 171 cm³/mol. The zero-order chi connectivity index (χ0) is 31.6. The summed E-state index contributed by atoms with van der Waals surface area (Å²) in [5.41, 5.74) is 10.9. The van der Waals surface area contributed by atoms with E-state index in [1.54, 1.807) is 24.3 Å². The monoisotopic (exact) mass is 625 g/mol. The fourth-order valence-corrected chi connectivity index (χ4v) is 6.54. The van der Waals surface area contributed by atoms with E-state index in [1.165, 1.54) is 11.3 Å². The van der Waals surface area contributed by atoms with Crippen molar-refractivity contribution >= 4 is 23.2 Å². The Kier molecular flexibility index (Phi) is 12.3.